The Morgan fingerprint density at radius 1 is 0.386 bits per heavy atom. The van der Waals surface area contributed by atoms with Crippen molar-refractivity contribution < 1.29 is 75.8 Å². The summed E-state index contributed by atoms with van der Waals surface area (Å²) in [6, 6.07) is 70.2. The van der Waals surface area contributed by atoms with E-state index in [-0.39, 0.29) is 41.0 Å². The first-order chi connectivity index (χ1) is 42.8. The lowest BCUT2D eigenvalue weighted by molar-refractivity contribution is -0.357. The van der Waals surface area contributed by atoms with Gasteiger partial charge in [0.05, 0.1) is 41.0 Å². The molecule has 17 heteroatoms. The molecule has 2 heterocycles. The third-order valence-corrected chi connectivity index (χ3v) is 20.3. The molecule has 0 saturated carbocycles. The van der Waals surface area contributed by atoms with E-state index in [9.17, 15) is 24.0 Å². The fourth-order valence-electron chi connectivity index (χ4n) is 11.0. The van der Waals surface area contributed by atoms with Crippen LogP contribution in [0, 0.1) is 0 Å². The van der Waals surface area contributed by atoms with E-state index < -0.39 is 111 Å². The highest BCUT2D eigenvalue weighted by Gasteiger charge is 2.59. The van der Waals surface area contributed by atoms with Gasteiger partial charge in [-0.2, -0.15) is 0 Å². The molecule has 0 aromatic heterocycles. The van der Waals surface area contributed by atoms with Crippen LogP contribution in [0.5, 0.6) is 0 Å². The summed E-state index contributed by atoms with van der Waals surface area (Å²) >= 11 is 0. The molecule has 2 aliphatic heterocycles. The number of hydrogen-bond donors (Lipinski definition) is 0. The summed E-state index contributed by atoms with van der Waals surface area (Å²) in [5.41, 5.74) is 1.51. The SMILES string of the molecule is CO[C@H]1O[C@H](COC(=O)c2ccccc2)[C@@H](O[C@H]2O[C@H](CO[Si](c3ccccc3)(c3ccccc3)C(C)(C)C)[C@H](OC(=O)c3ccccc3)[C@H](OCc3ccccc3)[C@H]2OC(=O)c2ccccc2)[C@H](OC(=O)c2ccccc2)[C@@H]1OC(=O)c1ccccc1. The van der Waals surface area contributed by atoms with Crippen LogP contribution in [-0.2, 0) is 58.4 Å². The summed E-state index contributed by atoms with van der Waals surface area (Å²) in [5.74, 6) is -4.06. The smallest absolute Gasteiger partial charge is 0.338 e. The van der Waals surface area contributed by atoms with Crippen molar-refractivity contribution >= 4 is 48.5 Å². The first-order valence-corrected chi connectivity index (χ1v) is 30.9. The second-order valence-electron chi connectivity index (χ2n) is 22.1. The Kier molecular flexibility index (Phi) is 20.6. The maximum absolute atomic E-state index is 14.9. The molecule has 0 bridgehead atoms. The molecule has 16 nitrogen and oxygen atoms in total. The molecule has 0 unspecified atom stereocenters. The number of carbonyl (C=O) groups excluding carboxylic acids is 5. The highest BCUT2D eigenvalue weighted by atomic mass is 28.4. The van der Waals surface area contributed by atoms with E-state index in [1.807, 2.05) is 91.0 Å². The molecule has 0 aliphatic carbocycles. The zero-order valence-corrected chi connectivity index (χ0v) is 50.0. The minimum atomic E-state index is -3.47. The number of ether oxygens (including phenoxy) is 10. The molecule has 8 aromatic rings. The first-order valence-electron chi connectivity index (χ1n) is 29.0. The topological polar surface area (TPSA) is 187 Å². The van der Waals surface area contributed by atoms with Gasteiger partial charge in [-0.1, -0.05) is 203 Å². The normalized spacial score (nSPS) is 21.9. The lowest BCUT2D eigenvalue weighted by Crippen LogP contribution is -2.69. The Bertz CT molecular complexity index is 3490. The molecule has 2 saturated heterocycles. The summed E-state index contributed by atoms with van der Waals surface area (Å²) in [7, 11) is -2.17. The molecule has 452 valence electrons. The highest BCUT2D eigenvalue weighted by Crippen LogP contribution is 2.40. The van der Waals surface area contributed by atoms with E-state index in [0.29, 0.717) is 5.56 Å². The molecule has 0 spiro atoms. The number of rotatable bonds is 22. The van der Waals surface area contributed by atoms with E-state index in [1.54, 1.807) is 152 Å². The number of esters is 5. The van der Waals surface area contributed by atoms with Crippen molar-refractivity contribution in [2.24, 2.45) is 0 Å². The quantitative estimate of drug-likeness (QED) is 0.0354. The van der Waals surface area contributed by atoms with E-state index in [1.165, 1.54) is 7.11 Å². The van der Waals surface area contributed by atoms with Crippen molar-refractivity contribution in [1.82, 2.24) is 0 Å². The highest BCUT2D eigenvalue weighted by molar-refractivity contribution is 6.99. The molecule has 88 heavy (non-hydrogen) atoms. The second kappa shape index (κ2) is 29.2. The van der Waals surface area contributed by atoms with Gasteiger partial charge in [0, 0.05) is 7.11 Å². The molecule has 10 rings (SSSR count). The molecule has 8 aromatic carbocycles. The Morgan fingerprint density at radius 3 is 1.14 bits per heavy atom. The minimum absolute atomic E-state index is 0.114. The van der Waals surface area contributed by atoms with Gasteiger partial charge < -0.3 is 51.8 Å². The molecular weight excluding hydrogens is 1140 g/mol. The maximum Gasteiger partial charge on any atom is 0.338 e. The zero-order chi connectivity index (χ0) is 61.5. The third kappa shape index (κ3) is 14.7. The number of carbonyl (C=O) groups is 5. The number of methoxy groups -OCH3 is 1. The van der Waals surface area contributed by atoms with E-state index in [2.05, 4.69) is 20.8 Å². The molecular formula is C71H68O16Si. The molecule has 10 atom stereocenters. The summed E-state index contributed by atoms with van der Waals surface area (Å²) in [5, 5.41) is 1.29. The van der Waals surface area contributed by atoms with Gasteiger partial charge in [-0.3, -0.25) is 0 Å². The average molecular weight is 1210 g/mol. The van der Waals surface area contributed by atoms with Crippen molar-refractivity contribution in [3.63, 3.8) is 0 Å². The number of benzene rings is 8. The lowest BCUT2D eigenvalue weighted by atomic mass is 9.95. The molecule has 0 radical (unpaired) electrons. The molecule has 2 fully saturated rings. The van der Waals surface area contributed by atoms with Gasteiger partial charge in [0.1, 0.15) is 31.0 Å². The van der Waals surface area contributed by atoms with E-state index >= 15 is 0 Å². The Balaban J connectivity index is 1.15. The van der Waals surface area contributed by atoms with Crippen LogP contribution in [-0.4, -0.2) is 120 Å². The number of hydrogen-bond acceptors (Lipinski definition) is 16. The monoisotopic (exact) mass is 1200 g/mol. The molecule has 0 amide bonds. The van der Waals surface area contributed by atoms with Crippen molar-refractivity contribution in [2.75, 3.05) is 20.3 Å². The van der Waals surface area contributed by atoms with Crippen LogP contribution in [0.2, 0.25) is 5.04 Å². The van der Waals surface area contributed by atoms with Gasteiger partial charge in [-0.15, -0.1) is 0 Å². The largest absolute Gasteiger partial charge is 0.459 e. The Labute approximate surface area is 512 Å². The summed E-state index contributed by atoms with van der Waals surface area (Å²) in [4.78, 5) is 72.6. The third-order valence-electron chi connectivity index (χ3n) is 15.3. The minimum Gasteiger partial charge on any atom is -0.459 e. The summed E-state index contributed by atoms with van der Waals surface area (Å²) in [6.07, 6.45) is -15.7. The summed E-state index contributed by atoms with van der Waals surface area (Å²) < 4.78 is 73.9. The maximum atomic E-state index is 14.9. The zero-order valence-electron chi connectivity index (χ0n) is 49.0. The van der Waals surface area contributed by atoms with Crippen molar-refractivity contribution in [1.29, 1.82) is 0 Å². The van der Waals surface area contributed by atoms with Gasteiger partial charge in [0.15, 0.2) is 37.0 Å². The van der Waals surface area contributed by atoms with Crippen molar-refractivity contribution in [3.05, 3.63) is 276 Å². The van der Waals surface area contributed by atoms with Gasteiger partial charge >= 0.3 is 29.8 Å². The van der Waals surface area contributed by atoms with Crippen molar-refractivity contribution in [3.8, 4) is 0 Å². The van der Waals surface area contributed by atoms with Crippen LogP contribution >= 0.6 is 0 Å². The lowest BCUT2D eigenvalue weighted by Gasteiger charge is -2.50. The Morgan fingerprint density at radius 2 is 0.727 bits per heavy atom. The van der Waals surface area contributed by atoms with Gasteiger partial charge in [-0.05, 0) is 81.6 Å². The standard InChI is InChI=1S/C71H68O16Si/c1-71(2,3)88(54-41-25-11-26-42-54,55-43-27-12-28-44-55)80-47-57-58(83-65(73)50-33-17-7-18-34-50)60(78-45-48-29-13-5-14-30-48)62(85-67(75)52-37-21-9-22-38-52)70(82-57)87-59-56(46-79-64(72)49-31-15-6-16-32-49)81-69(77-4)63(86-68(76)53-39-23-10-24-40-53)61(59)84-66(74)51-35-19-8-20-36-51/h5-44,56-63,69-70H,45-47H2,1-4H3/t56-,57-,58+,59-,60+,61+,62-,63+,69+,70-/m1/s1. The van der Waals surface area contributed by atoms with Crippen LogP contribution in [0.1, 0.15) is 78.1 Å². The fraction of sp³-hybridized carbons (Fsp3) is 0.254. The van der Waals surface area contributed by atoms with Gasteiger partial charge in [-0.25, -0.2) is 24.0 Å². The summed E-state index contributed by atoms with van der Waals surface area (Å²) in [6.45, 7) is 5.36. The molecule has 0 N–H and O–H groups in total. The van der Waals surface area contributed by atoms with Gasteiger partial charge in [0.2, 0.25) is 0 Å². The first kappa shape index (κ1) is 62.1. The molecule has 2 aliphatic rings. The van der Waals surface area contributed by atoms with Crippen LogP contribution in [0.25, 0.3) is 0 Å². The average Bonchev–Trinajstić information content (AvgIpc) is 0.830. The predicted molar refractivity (Wildman–Crippen MR) is 327 cm³/mol. The van der Waals surface area contributed by atoms with Crippen molar-refractivity contribution in [2.45, 2.75) is 93.8 Å². The Hall–Kier alpha value is -8.91. The van der Waals surface area contributed by atoms with Crippen LogP contribution < -0.4 is 10.4 Å². The van der Waals surface area contributed by atoms with E-state index in [4.69, 9.17) is 51.8 Å². The van der Waals surface area contributed by atoms with Crippen LogP contribution in [0.15, 0.2) is 243 Å². The fourth-order valence-corrected chi connectivity index (χ4v) is 15.5. The van der Waals surface area contributed by atoms with Crippen LogP contribution in [0.3, 0.4) is 0 Å². The predicted octanol–water partition coefficient (Wildman–Crippen LogP) is 10.4. The van der Waals surface area contributed by atoms with Gasteiger partial charge in [0.25, 0.3) is 8.32 Å². The van der Waals surface area contributed by atoms with E-state index in [0.717, 1.165) is 10.4 Å². The van der Waals surface area contributed by atoms with Crippen LogP contribution in [0.4, 0.5) is 0 Å². The second-order valence-corrected chi connectivity index (χ2v) is 26.4.